The molecule has 0 amide bonds. The van der Waals surface area contributed by atoms with Crippen LogP contribution < -0.4 is 0 Å². The Morgan fingerprint density at radius 3 is 1.35 bits per heavy atom. The molecular weight excluding hydrogens is 476 g/mol. The SMILES string of the molecule is Cc1ccc(S(=O)(=O)N2CC34CC(C(=O)O)CC3(C2)CN(S(=O)(=O)c2ccc(C)cc2)C4)cc1. The number of carboxylic acids is 1. The highest BCUT2D eigenvalue weighted by Gasteiger charge is 2.70. The molecule has 8 nitrogen and oxygen atoms in total. The van der Waals surface area contributed by atoms with Gasteiger partial charge in [0, 0.05) is 37.0 Å². The van der Waals surface area contributed by atoms with Crippen molar-refractivity contribution in [1.82, 2.24) is 8.61 Å². The normalized spacial score (nSPS) is 29.8. The summed E-state index contributed by atoms with van der Waals surface area (Å²) in [5.74, 6) is -1.51. The molecule has 182 valence electrons. The number of sulfonamides is 2. The minimum atomic E-state index is -3.78. The highest BCUT2D eigenvalue weighted by Crippen LogP contribution is 2.64. The van der Waals surface area contributed by atoms with E-state index in [0.717, 1.165) is 11.1 Å². The molecule has 0 aromatic heterocycles. The fourth-order valence-electron chi connectivity index (χ4n) is 6.17. The molecule has 0 bridgehead atoms. The van der Waals surface area contributed by atoms with Crippen molar-refractivity contribution in [2.45, 2.75) is 36.5 Å². The Bertz CT molecular complexity index is 1240. The number of hydrogen-bond donors (Lipinski definition) is 1. The number of carbonyl (C=O) groups is 1. The van der Waals surface area contributed by atoms with E-state index in [0.29, 0.717) is 0 Å². The molecule has 0 radical (unpaired) electrons. The molecule has 5 rings (SSSR count). The van der Waals surface area contributed by atoms with Gasteiger partial charge in [-0.3, -0.25) is 4.79 Å². The molecule has 1 saturated carbocycles. The second kappa shape index (κ2) is 7.61. The largest absolute Gasteiger partial charge is 0.481 e. The number of hydrogen-bond acceptors (Lipinski definition) is 5. The maximum absolute atomic E-state index is 13.4. The summed E-state index contributed by atoms with van der Waals surface area (Å²) in [5, 5.41) is 9.71. The van der Waals surface area contributed by atoms with Crippen LogP contribution >= 0.6 is 0 Å². The lowest BCUT2D eigenvalue weighted by molar-refractivity contribution is -0.142. The third-order valence-corrected chi connectivity index (χ3v) is 11.6. The van der Waals surface area contributed by atoms with Crippen molar-refractivity contribution in [3.05, 3.63) is 59.7 Å². The van der Waals surface area contributed by atoms with Gasteiger partial charge >= 0.3 is 5.97 Å². The van der Waals surface area contributed by atoms with Crippen LogP contribution in [0.3, 0.4) is 0 Å². The first-order valence-electron chi connectivity index (χ1n) is 11.3. The smallest absolute Gasteiger partial charge is 0.306 e. The second-order valence-electron chi connectivity index (χ2n) is 10.2. The zero-order valence-electron chi connectivity index (χ0n) is 19.1. The van der Waals surface area contributed by atoms with Gasteiger partial charge < -0.3 is 5.11 Å². The zero-order chi connectivity index (χ0) is 24.5. The highest BCUT2D eigenvalue weighted by atomic mass is 32.2. The first-order valence-corrected chi connectivity index (χ1v) is 14.1. The molecule has 3 aliphatic rings. The van der Waals surface area contributed by atoms with Crippen LogP contribution in [-0.2, 0) is 24.8 Å². The van der Waals surface area contributed by atoms with Crippen molar-refractivity contribution < 1.29 is 26.7 Å². The summed E-state index contributed by atoms with van der Waals surface area (Å²) in [7, 11) is -7.56. The van der Waals surface area contributed by atoms with Crippen molar-refractivity contribution in [1.29, 1.82) is 0 Å². The van der Waals surface area contributed by atoms with Gasteiger partial charge in [0.05, 0.1) is 15.7 Å². The van der Waals surface area contributed by atoms with Crippen molar-refractivity contribution in [3.8, 4) is 0 Å². The van der Waals surface area contributed by atoms with Crippen LogP contribution in [0.5, 0.6) is 0 Å². The van der Waals surface area contributed by atoms with Gasteiger partial charge in [-0.1, -0.05) is 35.4 Å². The Balaban J connectivity index is 1.49. The van der Waals surface area contributed by atoms with Gasteiger partial charge in [0.2, 0.25) is 20.0 Å². The van der Waals surface area contributed by atoms with Gasteiger partial charge in [0.25, 0.3) is 0 Å². The van der Waals surface area contributed by atoms with Crippen LogP contribution in [0.2, 0.25) is 0 Å². The molecule has 0 unspecified atom stereocenters. The quantitative estimate of drug-likeness (QED) is 0.670. The monoisotopic (exact) mass is 504 g/mol. The molecule has 2 heterocycles. The zero-order valence-corrected chi connectivity index (χ0v) is 20.8. The van der Waals surface area contributed by atoms with Crippen molar-refractivity contribution in [2.24, 2.45) is 16.7 Å². The number of aliphatic carboxylic acids is 1. The van der Waals surface area contributed by atoms with E-state index in [-0.39, 0.29) is 48.8 Å². The standard InChI is InChI=1S/C24H28N2O6S2/c1-17-3-7-20(8-4-17)33(29,30)25-13-23-11-19(22(27)28)12-24(23,14-25)16-26(15-23)34(31,32)21-9-5-18(2)6-10-21/h3-10,19H,11-16H2,1-2H3,(H,27,28). The van der Waals surface area contributed by atoms with Crippen LogP contribution in [0.25, 0.3) is 0 Å². The average molecular weight is 505 g/mol. The first kappa shape index (κ1) is 23.5. The minimum Gasteiger partial charge on any atom is -0.481 e. The third-order valence-electron chi connectivity index (χ3n) is 7.98. The summed E-state index contributed by atoms with van der Waals surface area (Å²) in [4.78, 5) is 12.3. The van der Waals surface area contributed by atoms with Crippen LogP contribution in [-0.4, -0.2) is 62.7 Å². The Morgan fingerprint density at radius 2 is 1.06 bits per heavy atom. The number of benzene rings is 2. The Kier molecular flexibility index (Phi) is 5.26. The summed E-state index contributed by atoms with van der Waals surface area (Å²) in [6.07, 6.45) is 0.532. The third kappa shape index (κ3) is 3.42. The molecule has 2 aromatic rings. The summed E-state index contributed by atoms with van der Waals surface area (Å²) in [5.41, 5.74) is 0.442. The Labute approximate surface area is 200 Å². The summed E-state index contributed by atoms with van der Waals surface area (Å²) < 4.78 is 56.6. The van der Waals surface area contributed by atoms with Gasteiger partial charge in [-0.15, -0.1) is 0 Å². The van der Waals surface area contributed by atoms with E-state index in [9.17, 15) is 26.7 Å². The number of aryl methyl sites for hydroxylation is 2. The van der Waals surface area contributed by atoms with Gasteiger partial charge in [-0.05, 0) is 51.0 Å². The highest BCUT2D eigenvalue weighted by molar-refractivity contribution is 7.89. The van der Waals surface area contributed by atoms with E-state index in [2.05, 4.69) is 0 Å². The van der Waals surface area contributed by atoms with Gasteiger partial charge in [-0.2, -0.15) is 8.61 Å². The van der Waals surface area contributed by atoms with E-state index in [1.54, 1.807) is 48.5 Å². The van der Waals surface area contributed by atoms with Crippen molar-refractivity contribution in [3.63, 3.8) is 0 Å². The lowest BCUT2D eigenvalue weighted by Gasteiger charge is -2.30. The van der Waals surface area contributed by atoms with E-state index >= 15 is 0 Å². The van der Waals surface area contributed by atoms with E-state index in [4.69, 9.17) is 0 Å². The molecule has 0 atom stereocenters. The van der Waals surface area contributed by atoms with Crippen LogP contribution in [0, 0.1) is 30.6 Å². The minimum absolute atomic E-state index is 0.118. The van der Waals surface area contributed by atoms with Crippen molar-refractivity contribution in [2.75, 3.05) is 26.2 Å². The molecule has 1 aliphatic carbocycles. The molecular formula is C24H28N2O6S2. The first-order chi connectivity index (χ1) is 15.9. The summed E-state index contributed by atoms with van der Waals surface area (Å²) in [6.45, 7) is 4.24. The fourth-order valence-corrected chi connectivity index (χ4v) is 9.40. The van der Waals surface area contributed by atoms with E-state index in [1.165, 1.54) is 8.61 Å². The van der Waals surface area contributed by atoms with Crippen molar-refractivity contribution >= 4 is 26.0 Å². The summed E-state index contributed by atoms with van der Waals surface area (Å²) >= 11 is 0. The topological polar surface area (TPSA) is 112 Å². The van der Waals surface area contributed by atoms with Crippen LogP contribution in [0.4, 0.5) is 0 Å². The Hall–Kier alpha value is -2.27. The predicted octanol–water partition coefficient (Wildman–Crippen LogP) is 2.48. The molecule has 10 heteroatoms. The number of nitrogens with zero attached hydrogens (tertiary/aromatic N) is 2. The average Bonchev–Trinajstić information content (AvgIpc) is 3.33. The van der Waals surface area contributed by atoms with E-state index in [1.807, 2.05) is 13.8 Å². The predicted molar refractivity (Wildman–Crippen MR) is 125 cm³/mol. The molecule has 3 fully saturated rings. The molecule has 1 N–H and O–H groups in total. The van der Waals surface area contributed by atoms with Gasteiger partial charge in [0.15, 0.2) is 0 Å². The molecule has 2 aliphatic heterocycles. The number of rotatable bonds is 5. The lowest BCUT2D eigenvalue weighted by Crippen LogP contribution is -2.40. The Morgan fingerprint density at radius 1 is 0.735 bits per heavy atom. The van der Waals surface area contributed by atoms with Crippen LogP contribution in [0.15, 0.2) is 58.3 Å². The maximum atomic E-state index is 13.4. The molecule has 34 heavy (non-hydrogen) atoms. The molecule has 2 saturated heterocycles. The second-order valence-corrected chi connectivity index (χ2v) is 14.1. The fraction of sp³-hybridized carbons (Fsp3) is 0.458. The molecule has 2 aromatic carbocycles. The number of carboxylic acid groups (broad SMARTS) is 1. The summed E-state index contributed by atoms with van der Waals surface area (Å²) in [6, 6.07) is 13.3. The van der Waals surface area contributed by atoms with E-state index < -0.39 is 42.8 Å². The lowest BCUT2D eigenvalue weighted by atomic mass is 9.71. The van der Waals surface area contributed by atoms with Gasteiger partial charge in [-0.25, -0.2) is 16.8 Å². The van der Waals surface area contributed by atoms with Gasteiger partial charge in [0.1, 0.15) is 0 Å². The molecule has 0 spiro atoms. The van der Waals surface area contributed by atoms with Crippen LogP contribution in [0.1, 0.15) is 24.0 Å². The maximum Gasteiger partial charge on any atom is 0.306 e.